The molecule has 1 atom stereocenters. The van der Waals surface area contributed by atoms with E-state index in [0.717, 1.165) is 25.7 Å². The van der Waals surface area contributed by atoms with Crippen LogP contribution in [0.2, 0.25) is 0 Å². The van der Waals surface area contributed by atoms with E-state index in [4.69, 9.17) is 9.47 Å². The summed E-state index contributed by atoms with van der Waals surface area (Å²) in [5.74, 6) is -0.195. The fourth-order valence-electron chi connectivity index (χ4n) is 7.36. The van der Waals surface area contributed by atoms with E-state index in [-0.39, 0.29) is 12.6 Å². The van der Waals surface area contributed by atoms with Gasteiger partial charge in [-0.15, -0.1) is 0 Å². The lowest BCUT2D eigenvalue weighted by Crippen LogP contribution is -2.27. The Morgan fingerprint density at radius 3 is 1.15 bits per heavy atom. The quantitative estimate of drug-likeness (QED) is 0.0381. The summed E-state index contributed by atoms with van der Waals surface area (Å²) in [6.07, 6.45) is 59.8. The minimum absolute atomic E-state index is 0.166. The second-order valence-corrected chi connectivity index (χ2v) is 16.5. The standard InChI is InChI=1S/C50H96O4/c1-3-5-7-9-11-13-15-17-19-21-22-23-24-25-26-27-28-29-30-32-34-36-38-40-42-44-46-53-48-49(47-51)54-50(52)45-43-41-39-37-35-33-31-20-18-16-14-12-10-8-6-4-2/h15,17,21-22,49,51H,3-14,16,18-20,23-48H2,1-2H3/b17-15-,22-21-. The summed E-state index contributed by atoms with van der Waals surface area (Å²) >= 11 is 0. The average Bonchev–Trinajstić information content (AvgIpc) is 3.18. The van der Waals surface area contributed by atoms with Crippen LogP contribution in [0.4, 0.5) is 0 Å². The number of unbranched alkanes of at least 4 members (excludes halogenated alkanes) is 34. The molecule has 320 valence electrons. The number of allylic oxidation sites excluding steroid dienone is 4. The molecule has 4 nitrogen and oxygen atoms in total. The zero-order valence-corrected chi connectivity index (χ0v) is 36.8. The maximum atomic E-state index is 12.2. The zero-order chi connectivity index (χ0) is 39.1. The molecule has 0 aliphatic rings. The molecule has 0 saturated heterocycles. The summed E-state index contributed by atoms with van der Waals surface area (Å²) in [5, 5.41) is 9.63. The number of ether oxygens (including phenoxy) is 2. The molecular weight excluding hydrogens is 665 g/mol. The number of aliphatic hydroxyl groups excluding tert-OH is 1. The van der Waals surface area contributed by atoms with Crippen molar-refractivity contribution in [2.45, 2.75) is 270 Å². The van der Waals surface area contributed by atoms with Gasteiger partial charge in [0.1, 0.15) is 6.10 Å². The van der Waals surface area contributed by atoms with E-state index in [1.807, 2.05) is 0 Å². The number of esters is 1. The Labute approximate surface area is 338 Å². The molecule has 0 aromatic heterocycles. The Balaban J connectivity index is 3.36. The number of hydrogen-bond donors (Lipinski definition) is 1. The molecule has 54 heavy (non-hydrogen) atoms. The summed E-state index contributed by atoms with van der Waals surface area (Å²) in [6.45, 7) is 5.38. The van der Waals surface area contributed by atoms with Gasteiger partial charge >= 0.3 is 5.97 Å². The molecule has 1 N–H and O–H groups in total. The predicted octanol–water partition coefficient (Wildman–Crippen LogP) is 16.3. The fraction of sp³-hybridized carbons (Fsp3) is 0.900. The SMILES string of the molecule is CCCCCCC/C=C\C/C=C\CCCCCCCCCCCCCCCCOCC(CO)OC(=O)CCCCCCCCCCCCCCCCCC. The van der Waals surface area contributed by atoms with Crippen molar-refractivity contribution < 1.29 is 19.4 Å². The first-order chi connectivity index (χ1) is 26.7. The highest BCUT2D eigenvalue weighted by atomic mass is 16.6. The van der Waals surface area contributed by atoms with Crippen LogP contribution in [0, 0.1) is 0 Å². The summed E-state index contributed by atoms with van der Waals surface area (Å²) in [6, 6.07) is 0. The summed E-state index contributed by atoms with van der Waals surface area (Å²) < 4.78 is 11.2. The number of hydrogen-bond acceptors (Lipinski definition) is 4. The molecule has 0 fully saturated rings. The smallest absolute Gasteiger partial charge is 0.306 e. The summed E-state index contributed by atoms with van der Waals surface area (Å²) in [7, 11) is 0. The molecule has 0 saturated carbocycles. The van der Waals surface area contributed by atoms with Gasteiger partial charge in [0.05, 0.1) is 13.2 Å². The lowest BCUT2D eigenvalue weighted by Gasteiger charge is -2.16. The highest BCUT2D eigenvalue weighted by Crippen LogP contribution is 2.16. The zero-order valence-electron chi connectivity index (χ0n) is 36.8. The number of carbonyl (C=O) groups is 1. The van der Waals surface area contributed by atoms with E-state index in [0.29, 0.717) is 19.6 Å². The Bertz CT molecular complexity index is 762. The van der Waals surface area contributed by atoms with Crippen molar-refractivity contribution in [3.8, 4) is 0 Å². The molecule has 0 aromatic rings. The van der Waals surface area contributed by atoms with Crippen LogP contribution in [0.1, 0.15) is 264 Å². The van der Waals surface area contributed by atoms with Gasteiger partial charge in [-0.2, -0.15) is 0 Å². The maximum absolute atomic E-state index is 12.2. The van der Waals surface area contributed by atoms with Gasteiger partial charge in [-0.25, -0.2) is 0 Å². The van der Waals surface area contributed by atoms with Crippen LogP contribution in [0.15, 0.2) is 24.3 Å². The normalized spacial score (nSPS) is 12.4. The lowest BCUT2D eigenvalue weighted by atomic mass is 10.0. The van der Waals surface area contributed by atoms with Crippen LogP contribution in [0.3, 0.4) is 0 Å². The molecule has 1 unspecified atom stereocenters. The van der Waals surface area contributed by atoms with Crippen molar-refractivity contribution in [3.63, 3.8) is 0 Å². The maximum Gasteiger partial charge on any atom is 0.306 e. The largest absolute Gasteiger partial charge is 0.457 e. The lowest BCUT2D eigenvalue weighted by molar-refractivity contribution is -0.154. The first kappa shape index (κ1) is 52.9. The monoisotopic (exact) mass is 761 g/mol. The molecule has 0 aromatic carbocycles. The van der Waals surface area contributed by atoms with Crippen molar-refractivity contribution in [1.82, 2.24) is 0 Å². The molecule has 0 bridgehead atoms. The fourth-order valence-corrected chi connectivity index (χ4v) is 7.36. The third-order valence-corrected chi connectivity index (χ3v) is 11.0. The molecule has 0 rings (SSSR count). The van der Waals surface area contributed by atoms with Gasteiger partial charge in [-0.1, -0.05) is 237 Å². The van der Waals surface area contributed by atoms with Gasteiger partial charge in [-0.3, -0.25) is 4.79 Å². The van der Waals surface area contributed by atoms with Gasteiger partial charge in [-0.05, 0) is 44.9 Å². The second kappa shape index (κ2) is 48.0. The minimum Gasteiger partial charge on any atom is -0.457 e. The molecule has 0 aliphatic heterocycles. The topological polar surface area (TPSA) is 55.8 Å². The molecule has 0 radical (unpaired) electrons. The van der Waals surface area contributed by atoms with Crippen LogP contribution in [-0.2, 0) is 14.3 Å². The Kier molecular flexibility index (Phi) is 47.0. The van der Waals surface area contributed by atoms with E-state index in [1.165, 1.54) is 218 Å². The van der Waals surface area contributed by atoms with Gasteiger partial charge in [0.2, 0.25) is 0 Å². The van der Waals surface area contributed by atoms with Gasteiger partial charge < -0.3 is 14.6 Å². The molecule has 0 spiro atoms. The Hall–Kier alpha value is -1.13. The van der Waals surface area contributed by atoms with Gasteiger partial charge in [0, 0.05) is 13.0 Å². The van der Waals surface area contributed by atoms with Gasteiger partial charge in [0.15, 0.2) is 0 Å². The number of carbonyl (C=O) groups excluding carboxylic acids is 1. The van der Waals surface area contributed by atoms with E-state index in [9.17, 15) is 9.90 Å². The molecule has 0 aliphatic carbocycles. The van der Waals surface area contributed by atoms with Crippen LogP contribution in [-0.4, -0.2) is 37.0 Å². The van der Waals surface area contributed by atoms with Crippen molar-refractivity contribution in [1.29, 1.82) is 0 Å². The average molecular weight is 761 g/mol. The van der Waals surface area contributed by atoms with Crippen LogP contribution < -0.4 is 0 Å². The summed E-state index contributed by atoms with van der Waals surface area (Å²) in [5.41, 5.74) is 0. The number of aliphatic hydroxyl groups is 1. The first-order valence-electron chi connectivity index (χ1n) is 24.4. The van der Waals surface area contributed by atoms with Crippen LogP contribution in [0.25, 0.3) is 0 Å². The third kappa shape index (κ3) is 45.3. The molecule has 0 amide bonds. The van der Waals surface area contributed by atoms with E-state index in [1.54, 1.807) is 0 Å². The second-order valence-electron chi connectivity index (χ2n) is 16.5. The number of rotatable bonds is 46. The Morgan fingerprint density at radius 1 is 0.444 bits per heavy atom. The van der Waals surface area contributed by atoms with Crippen molar-refractivity contribution >= 4 is 5.97 Å². The van der Waals surface area contributed by atoms with Crippen molar-refractivity contribution in [2.75, 3.05) is 19.8 Å². The van der Waals surface area contributed by atoms with Gasteiger partial charge in [0.25, 0.3) is 0 Å². The van der Waals surface area contributed by atoms with Crippen LogP contribution in [0.5, 0.6) is 0 Å². The summed E-state index contributed by atoms with van der Waals surface area (Å²) in [4.78, 5) is 12.2. The molecule has 0 heterocycles. The minimum atomic E-state index is -0.530. The third-order valence-electron chi connectivity index (χ3n) is 11.0. The predicted molar refractivity (Wildman–Crippen MR) is 237 cm³/mol. The highest BCUT2D eigenvalue weighted by molar-refractivity contribution is 5.69. The van der Waals surface area contributed by atoms with Crippen molar-refractivity contribution in [3.05, 3.63) is 24.3 Å². The molecular formula is C50H96O4. The van der Waals surface area contributed by atoms with E-state index in [2.05, 4.69) is 38.2 Å². The molecule has 4 heteroatoms. The first-order valence-corrected chi connectivity index (χ1v) is 24.4. The van der Waals surface area contributed by atoms with Crippen molar-refractivity contribution in [2.24, 2.45) is 0 Å². The van der Waals surface area contributed by atoms with Crippen LogP contribution >= 0.6 is 0 Å². The van der Waals surface area contributed by atoms with E-state index < -0.39 is 6.10 Å². The Morgan fingerprint density at radius 2 is 0.778 bits per heavy atom. The highest BCUT2D eigenvalue weighted by Gasteiger charge is 2.13. The van der Waals surface area contributed by atoms with E-state index >= 15 is 0 Å².